The number of piperazine rings is 1. The van der Waals surface area contributed by atoms with Crippen LogP contribution in [-0.2, 0) is 13.1 Å². The van der Waals surface area contributed by atoms with E-state index in [-0.39, 0.29) is 0 Å². The molecule has 0 unspecified atom stereocenters. The Balaban J connectivity index is 1.53. The summed E-state index contributed by atoms with van der Waals surface area (Å²) < 4.78 is 0. The summed E-state index contributed by atoms with van der Waals surface area (Å²) in [6.45, 7) is 5.76. The summed E-state index contributed by atoms with van der Waals surface area (Å²) in [6.07, 6.45) is 0. The molecule has 0 bridgehead atoms. The highest BCUT2D eigenvalue weighted by molar-refractivity contribution is 5.80. The van der Waals surface area contributed by atoms with Gasteiger partial charge in [-0.2, -0.15) is 0 Å². The first-order chi connectivity index (χ1) is 13.2. The molecule has 0 amide bonds. The molecular weight excluding hydrogens is 334 g/mol. The fourth-order valence-corrected chi connectivity index (χ4v) is 3.53. The Morgan fingerprint density at radius 3 is 2.33 bits per heavy atom. The minimum atomic E-state index is 0.798. The van der Waals surface area contributed by atoms with Crippen LogP contribution in [0.4, 0.5) is 5.69 Å². The zero-order valence-corrected chi connectivity index (χ0v) is 16.7. The zero-order valence-electron chi connectivity index (χ0n) is 16.7. The number of para-hydroxylation sites is 1. The molecule has 1 aliphatic heterocycles. The van der Waals surface area contributed by atoms with Crippen LogP contribution in [0.15, 0.2) is 59.6 Å². The number of hydrogen-bond donors (Lipinski definition) is 1. The van der Waals surface area contributed by atoms with Gasteiger partial charge in [-0.05, 0) is 37.4 Å². The van der Waals surface area contributed by atoms with Gasteiger partial charge in [-0.1, -0.05) is 42.5 Å². The fourth-order valence-electron chi connectivity index (χ4n) is 3.53. The number of hydrogen-bond acceptors (Lipinski definition) is 3. The van der Waals surface area contributed by atoms with Crippen molar-refractivity contribution in [3.8, 4) is 0 Å². The van der Waals surface area contributed by atoms with Gasteiger partial charge in [0.15, 0.2) is 5.96 Å². The van der Waals surface area contributed by atoms with Crippen molar-refractivity contribution in [2.45, 2.75) is 13.1 Å². The SMILES string of the molecule is CN=C(NCc1cccc(CN(C)C)c1)N1CCN(c2ccccc2)CC1. The van der Waals surface area contributed by atoms with E-state index in [0.29, 0.717) is 0 Å². The number of aliphatic imine (C=N–C) groups is 1. The largest absolute Gasteiger partial charge is 0.368 e. The van der Waals surface area contributed by atoms with Gasteiger partial charge < -0.3 is 20.0 Å². The first-order valence-corrected chi connectivity index (χ1v) is 9.64. The molecule has 5 nitrogen and oxygen atoms in total. The molecule has 2 aromatic rings. The van der Waals surface area contributed by atoms with E-state index in [9.17, 15) is 0 Å². The van der Waals surface area contributed by atoms with E-state index in [0.717, 1.165) is 45.2 Å². The Morgan fingerprint density at radius 1 is 0.963 bits per heavy atom. The summed E-state index contributed by atoms with van der Waals surface area (Å²) in [5, 5.41) is 3.53. The van der Waals surface area contributed by atoms with Crippen LogP contribution in [0.25, 0.3) is 0 Å². The van der Waals surface area contributed by atoms with Crippen molar-refractivity contribution in [2.75, 3.05) is 52.2 Å². The molecule has 0 atom stereocenters. The van der Waals surface area contributed by atoms with Crippen molar-refractivity contribution in [1.82, 2.24) is 15.1 Å². The standard InChI is InChI=1S/C22H31N5/c1-23-22(24-17-19-8-7-9-20(16-19)18-25(2)3)27-14-12-26(13-15-27)21-10-5-4-6-11-21/h4-11,16H,12-15,17-18H2,1-3H3,(H,23,24). The molecule has 1 N–H and O–H groups in total. The van der Waals surface area contributed by atoms with Gasteiger partial charge in [-0.3, -0.25) is 4.99 Å². The Bertz CT molecular complexity index is 733. The predicted molar refractivity (Wildman–Crippen MR) is 114 cm³/mol. The summed E-state index contributed by atoms with van der Waals surface area (Å²) in [5.74, 6) is 0.987. The molecule has 5 heteroatoms. The van der Waals surface area contributed by atoms with Gasteiger partial charge in [0.2, 0.25) is 0 Å². The average Bonchev–Trinajstić information content (AvgIpc) is 2.69. The van der Waals surface area contributed by atoms with E-state index >= 15 is 0 Å². The molecule has 1 aliphatic rings. The number of anilines is 1. The zero-order chi connectivity index (χ0) is 19.1. The Labute approximate surface area is 163 Å². The number of rotatable bonds is 5. The van der Waals surface area contributed by atoms with E-state index in [2.05, 4.69) is 93.7 Å². The summed E-state index contributed by atoms with van der Waals surface area (Å²) in [4.78, 5) is 11.5. The van der Waals surface area contributed by atoms with E-state index in [1.54, 1.807) is 0 Å². The van der Waals surface area contributed by atoms with Gasteiger partial charge >= 0.3 is 0 Å². The Hall–Kier alpha value is -2.53. The molecule has 0 aliphatic carbocycles. The highest BCUT2D eigenvalue weighted by Gasteiger charge is 2.19. The number of nitrogens with one attached hydrogen (secondary N) is 1. The first-order valence-electron chi connectivity index (χ1n) is 9.64. The van der Waals surface area contributed by atoms with Crippen molar-refractivity contribution < 1.29 is 0 Å². The van der Waals surface area contributed by atoms with E-state index < -0.39 is 0 Å². The fraction of sp³-hybridized carbons (Fsp3) is 0.409. The molecule has 0 aromatic heterocycles. The van der Waals surface area contributed by atoms with Crippen LogP contribution >= 0.6 is 0 Å². The van der Waals surface area contributed by atoms with Crippen molar-refractivity contribution in [1.29, 1.82) is 0 Å². The molecule has 144 valence electrons. The maximum atomic E-state index is 4.50. The van der Waals surface area contributed by atoms with Gasteiger partial charge in [0.1, 0.15) is 0 Å². The van der Waals surface area contributed by atoms with Gasteiger partial charge in [0, 0.05) is 52.0 Å². The van der Waals surface area contributed by atoms with E-state index in [1.807, 2.05) is 7.05 Å². The van der Waals surface area contributed by atoms with Crippen LogP contribution in [0.2, 0.25) is 0 Å². The summed E-state index contributed by atoms with van der Waals surface area (Å²) >= 11 is 0. The molecule has 0 saturated carbocycles. The summed E-state index contributed by atoms with van der Waals surface area (Å²) in [7, 11) is 6.07. The molecule has 27 heavy (non-hydrogen) atoms. The quantitative estimate of drug-likeness (QED) is 0.652. The lowest BCUT2D eigenvalue weighted by Crippen LogP contribution is -2.52. The third kappa shape index (κ3) is 5.47. The number of nitrogens with zero attached hydrogens (tertiary/aromatic N) is 4. The maximum absolute atomic E-state index is 4.50. The van der Waals surface area contributed by atoms with E-state index in [4.69, 9.17) is 0 Å². The van der Waals surface area contributed by atoms with Crippen LogP contribution in [0, 0.1) is 0 Å². The second-order valence-electron chi connectivity index (χ2n) is 7.27. The lowest BCUT2D eigenvalue weighted by Gasteiger charge is -2.37. The van der Waals surface area contributed by atoms with Gasteiger partial charge in [-0.15, -0.1) is 0 Å². The molecule has 1 saturated heterocycles. The van der Waals surface area contributed by atoms with Gasteiger partial charge in [0.25, 0.3) is 0 Å². The summed E-state index contributed by atoms with van der Waals surface area (Å²) in [5.41, 5.74) is 3.93. The van der Waals surface area contributed by atoms with E-state index in [1.165, 1.54) is 16.8 Å². The maximum Gasteiger partial charge on any atom is 0.194 e. The second-order valence-corrected chi connectivity index (χ2v) is 7.27. The monoisotopic (exact) mass is 365 g/mol. The first kappa shape index (κ1) is 19.2. The van der Waals surface area contributed by atoms with Crippen molar-refractivity contribution in [3.05, 3.63) is 65.7 Å². The van der Waals surface area contributed by atoms with Crippen LogP contribution in [-0.4, -0.2) is 63.1 Å². The molecule has 3 rings (SSSR count). The molecule has 2 aromatic carbocycles. The van der Waals surface area contributed by atoms with Crippen molar-refractivity contribution in [2.24, 2.45) is 4.99 Å². The van der Waals surface area contributed by atoms with Crippen molar-refractivity contribution in [3.63, 3.8) is 0 Å². The van der Waals surface area contributed by atoms with Crippen LogP contribution in [0.1, 0.15) is 11.1 Å². The molecule has 1 heterocycles. The van der Waals surface area contributed by atoms with Gasteiger partial charge in [0.05, 0.1) is 0 Å². The lowest BCUT2D eigenvalue weighted by molar-refractivity contribution is 0.372. The Kier molecular flexibility index (Phi) is 6.71. The molecule has 1 fully saturated rings. The normalized spacial score (nSPS) is 15.3. The Morgan fingerprint density at radius 2 is 1.67 bits per heavy atom. The smallest absolute Gasteiger partial charge is 0.194 e. The third-order valence-corrected chi connectivity index (χ3v) is 4.85. The predicted octanol–water partition coefficient (Wildman–Crippen LogP) is 2.65. The average molecular weight is 366 g/mol. The van der Waals surface area contributed by atoms with Crippen LogP contribution < -0.4 is 10.2 Å². The number of benzene rings is 2. The molecule has 0 spiro atoms. The highest BCUT2D eigenvalue weighted by atomic mass is 15.3. The number of guanidine groups is 1. The topological polar surface area (TPSA) is 34.1 Å². The second kappa shape index (κ2) is 9.42. The highest BCUT2D eigenvalue weighted by Crippen LogP contribution is 2.15. The van der Waals surface area contributed by atoms with Gasteiger partial charge in [-0.25, -0.2) is 0 Å². The van der Waals surface area contributed by atoms with Crippen LogP contribution in [0.5, 0.6) is 0 Å². The minimum Gasteiger partial charge on any atom is -0.368 e. The third-order valence-electron chi connectivity index (χ3n) is 4.85. The van der Waals surface area contributed by atoms with Crippen molar-refractivity contribution >= 4 is 11.6 Å². The minimum absolute atomic E-state index is 0.798. The van der Waals surface area contributed by atoms with Crippen LogP contribution in [0.3, 0.4) is 0 Å². The molecule has 0 radical (unpaired) electrons. The molecular formula is C22H31N5. The lowest BCUT2D eigenvalue weighted by atomic mass is 10.1. The summed E-state index contributed by atoms with van der Waals surface area (Å²) in [6, 6.07) is 19.4.